The van der Waals surface area contributed by atoms with Crippen LogP contribution in [-0.2, 0) is 17.6 Å². The van der Waals surface area contributed by atoms with Crippen LogP contribution in [0.25, 0.3) is 0 Å². The lowest BCUT2D eigenvalue weighted by atomic mass is 9.72. The van der Waals surface area contributed by atoms with Gasteiger partial charge in [-0.1, -0.05) is 50.6 Å². The number of carbonyl (C=O) groups is 2. The fourth-order valence-corrected chi connectivity index (χ4v) is 5.68. The Bertz CT molecular complexity index is 1170. The van der Waals surface area contributed by atoms with Gasteiger partial charge < -0.3 is 15.4 Å². The van der Waals surface area contributed by atoms with Crippen LogP contribution in [0, 0.1) is 11.3 Å². The van der Waals surface area contributed by atoms with E-state index >= 15 is 0 Å². The fraction of sp³-hybridized carbons (Fsp3) is 0.333. The van der Waals surface area contributed by atoms with Crippen LogP contribution >= 0.6 is 22.9 Å². The average Bonchev–Trinajstić information content (AvgIpc) is 3.16. The Morgan fingerprint density at radius 2 is 1.76 bits per heavy atom. The first kappa shape index (κ1) is 24.3. The molecular weight excluding hydrogens is 468 g/mol. The van der Waals surface area contributed by atoms with Crippen LogP contribution < -0.4 is 15.4 Å². The minimum Gasteiger partial charge on any atom is -0.484 e. The molecule has 2 amide bonds. The van der Waals surface area contributed by atoms with Crippen LogP contribution in [0.1, 0.15) is 48.0 Å². The number of fused-ring (bicyclic) bond motifs is 1. The van der Waals surface area contributed by atoms with E-state index in [0.717, 1.165) is 24.8 Å². The molecule has 0 bridgehead atoms. The van der Waals surface area contributed by atoms with Crippen molar-refractivity contribution in [2.45, 2.75) is 40.0 Å². The van der Waals surface area contributed by atoms with Crippen LogP contribution in [0.4, 0.5) is 10.7 Å². The molecule has 1 atom stereocenters. The highest BCUT2D eigenvalue weighted by atomic mass is 35.5. The molecule has 0 aliphatic heterocycles. The van der Waals surface area contributed by atoms with Gasteiger partial charge in [-0.25, -0.2) is 0 Å². The standard InChI is InChI=1S/C27H29ClN2O3S/c1-27(2,3)17-9-14-21-22(15-17)34-26(30-23(31)16-33-20-7-5-4-6-8-20)24(21)25(32)29-19-12-10-18(28)11-13-19/h4-8,10-13,17H,9,14-16H2,1-3H3,(H,29,32)(H,30,31)/t17-/m1/s1. The van der Waals surface area contributed by atoms with Crippen molar-refractivity contribution in [3.05, 3.63) is 75.6 Å². The molecule has 7 heteroatoms. The molecule has 0 radical (unpaired) electrons. The molecule has 1 aromatic heterocycles. The second-order valence-electron chi connectivity index (χ2n) is 9.62. The molecule has 1 aliphatic carbocycles. The Morgan fingerprint density at radius 1 is 1.06 bits per heavy atom. The number of hydrogen-bond donors (Lipinski definition) is 2. The van der Waals surface area contributed by atoms with Gasteiger partial charge in [-0.15, -0.1) is 11.3 Å². The Hall–Kier alpha value is -2.83. The Labute approximate surface area is 209 Å². The number of nitrogens with one attached hydrogen (secondary N) is 2. The molecule has 0 saturated carbocycles. The zero-order chi connectivity index (χ0) is 24.3. The van der Waals surface area contributed by atoms with Crippen molar-refractivity contribution in [2.75, 3.05) is 17.2 Å². The van der Waals surface area contributed by atoms with E-state index in [1.807, 2.05) is 18.2 Å². The topological polar surface area (TPSA) is 67.4 Å². The van der Waals surface area contributed by atoms with Gasteiger partial charge in [0.25, 0.3) is 11.8 Å². The van der Waals surface area contributed by atoms with Gasteiger partial charge in [-0.3, -0.25) is 9.59 Å². The van der Waals surface area contributed by atoms with E-state index in [4.69, 9.17) is 16.3 Å². The van der Waals surface area contributed by atoms with E-state index in [-0.39, 0.29) is 23.8 Å². The molecule has 178 valence electrons. The molecule has 4 rings (SSSR count). The van der Waals surface area contributed by atoms with Crippen molar-refractivity contribution in [3.8, 4) is 5.75 Å². The molecule has 3 aromatic rings. The van der Waals surface area contributed by atoms with Crippen molar-refractivity contribution in [2.24, 2.45) is 11.3 Å². The molecule has 0 fully saturated rings. The molecule has 2 aromatic carbocycles. The third-order valence-electron chi connectivity index (χ3n) is 6.19. The molecule has 5 nitrogen and oxygen atoms in total. The van der Waals surface area contributed by atoms with Gasteiger partial charge in [0.2, 0.25) is 0 Å². The predicted octanol–water partition coefficient (Wildman–Crippen LogP) is 6.82. The van der Waals surface area contributed by atoms with Crippen LogP contribution in [0.15, 0.2) is 54.6 Å². The van der Waals surface area contributed by atoms with E-state index in [9.17, 15) is 9.59 Å². The summed E-state index contributed by atoms with van der Waals surface area (Å²) in [6, 6.07) is 16.2. The summed E-state index contributed by atoms with van der Waals surface area (Å²) >= 11 is 7.48. The number of amides is 2. The van der Waals surface area contributed by atoms with E-state index in [1.54, 1.807) is 36.4 Å². The highest BCUT2D eigenvalue weighted by Gasteiger charge is 2.34. The molecule has 34 heavy (non-hydrogen) atoms. The first-order valence-electron chi connectivity index (χ1n) is 11.4. The molecule has 1 heterocycles. The zero-order valence-corrected chi connectivity index (χ0v) is 21.2. The first-order chi connectivity index (χ1) is 16.2. The van der Waals surface area contributed by atoms with Gasteiger partial charge in [-0.2, -0.15) is 0 Å². The number of ether oxygens (including phenoxy) is 1. The van der Waals surface area contributed by atoms with Crippen LogP contribution in [0.2, 0.25) is 5.02 Å². The average molecular weight is 497 g/mol. The summed E-state index contributed by atoms with van der Waals surface area (Å²) in [5.74, 6) is 0.622. The molecule has 2 N–H and O–H groups in total. The van der Waals surface area contributed by atoms with E-state index in [2.05, 4.69) is 31.4 Å². The summed E-state index contributed by atoms with van der Waals surface area (Å²) in [6.45, 7) is 6.64. The van der Waals surface area contributed by atoms with Crippen molar-refractivity contribution in [1.82, 2.24) is 0 Å². The summed E-state index contributed by atoms with van der Waals surface area (Å²) in [6.07, 6.45) is 2.73. The number of anilines is 2. The van der Waals surface area contributed by atoms with E-state index < -0.39 is 0 Å². The maximum Gasteiger partial charge on any atom is 0.262 e. The van der Waals surface area contributed by atoms with Crippen LogP contribution in [0.3, 0.4) is 0 Å². The number of hydrogen-bond acceptors (Lipinski definition) is 4. The van der Waals surface area contributed by atoms with Crippen LogP contribution in [0.5, 0.6) is 5.75 Å². The van der Waals surface area contributed by atoms with Gasteiger partial charge in [0.15, 0.2) is 6.61 Å². The molecule has 1 aliphatic rings. The van der Waals surface area contributed by atoms with Crippen LogP contribution in [-0.4, -0.2) is 18.4 Å². The van der Waals surface area contributed by atoms with Gasteiger partial charge in [-0.05, 0) is 72.6 Å². The van der Waals surface area contributed by atoms with Crippen molar-refractivity contribution >= 4 is 45.4 Å². The van der Waals surface area contributed by atoms with E-state index in [0.29, 0.717) is 32.9 Å². The van der Waals surface area contributed by atoms with Crippen molar-refractivity contribution < 1.29 is 14.3 Å². The number of halogens is 1. The summed E-state index contributed by atoms with van der Waals surface area (Å²) < 4.78 is 5.59. The summed E-state index contributed by atoms with van der Waals surface area (Å²) in [7, 11) is 0. The lowest BCUT2D eigenvalue weighted by Crippen LogP contribution is -2.27. The largest absolute Gasteiger partial charge is 0.484 e. The molecule has 0 saturated heterocycles. The number of carbonyl (C=O) groups excluding carboxylic acids is 2. The Balaban J connectivity index is 1.57. The predicted molar refractivity (Wildman–Crippen MR) is 139 cm³/mol. The van der Waals surface area contributed by atoms with Gasteiger partial charge >= 0.3 is 0 Å². The SMILES string of the molecule is CC(C)(C)[C@@H]1CCc2c(sc(NC(=O)COc3ccccc3)c2C(=O)Nc2ccc(Cl)cc2)C1. The maximum atomic E-state index is 13.4. The van der Waals surface area contributed by atoms with E-state index in [1.165, 1.54) is 16.2 Å². The Morgan fingerprint density at radius 3 is 2.44 bits per heavy atom. The number of benzene rings is 2. The summed E-state index contributed by atoms with van der Waals surface area (Å²) in [5.41, 5.74) is 2.43. The summed E-state index contributed by atoms with van der Waals surface area (Å²) in [5, 5.41) is 7.08. The first-order valence-corrected chi connectivity index (χ1v) is 12.6. The number of para-hydroxylation sites is 1. The van der Waals surface area contributed by atoms with Gasteiger partial charge in [0.1, 0.15) is 10.8 Å². The normalized spacial score (nSPS) is 15.4. The lowest BCUT2D eigenvalue weighted by molar-refractivity contribution is -0.118. The third kappa shape index (κ3) is 5.80. The van der Waals surface area contributed by atoms with Crippen molar-refractivity contribution in [1.29, 1.82) is 0 Å². The quantitative estimate of drug-likeness (QED) is 0.393. The summed E-state index contributed by atoms with van der Waals surface area (Å²) in [4.78, 5) is 27.3. The van der Waals surface area contributed by atoms with Gasteiger partial charge in [0, 0.05) is 15.6 Å². The number of thiophene rings is 1. The second-order valence-corrected chi connectivity index (χ2v) is 11.2. The molecular formula is C27H29ClN2O3S. The highest BCUT2D eigenvalue weighted by molar-refractivity contribution is 7.17. The molecule has 0 spiro atoms. The highest BCUT2D eigenvalue weighted by Crippen LogP contribution is 2.44. The Kier molecular flexibility index (Phi) is 7.29. The lowest BCUT2D eigenvalue weighted by Gasteiger charge is -2.33. The third-order valence-corrected chi connectivity index (χ3v) is 7.61. The zero-order valence-electron chi connectivity index (χ0n) is 19.6. The smallest absolute Gasteiger partial charge is 0.262 e. The fourth-order valence-electron chi connectivity index (χ4n) is 4.21. The minimum atomic E-state index is -0.296. The minimum absolute atomic E-state index is 0.130. The maximum absolute atomic E-state index is 13.4. The van der Waals surface area contributed by atoms with Gasteiger partial charge in [0.05, 0.1) is 5.56 Å². The second kappa shape index (κ2) is 10.2. The monoisotopic (exact) mass is 496 g/mol. The number of rotatable bonds is 6. The molecule has 0 unspecified atom stereocenters. The van der Waals surface area contributed by atoms with Crippen molar-refractivity contribution in [3.63, 3.8) is 0 Å².